The summed E-state index contributed by atoms with van der Waals surface area (Å²) in [4.78, 5) is 23.6. The number of aromatic nitrogens is 3. The number of amides is 1. The minimum absolute atomic E-state index is 0.0469. The van der Waals surface area contributed by atoms with E-state index in [1.165, 1.54) is 6.33 Å². The standard InChI is InChI=1S/C14H20N4O2/c1-3-14(4-2,6-8-19)18-13(20)11-10-5-7-15-12(10)17-9-16-11/h5,7,9,19H,3-4,6,8H2,1-2H3,(H,18,20)(H,15,16,17). The minimum atomic E-state index is -0.389. The summed E-state index contributed by atoms with van der Waals surface area (Å²) in [6.45, 7) is 4.06. The van der Waals surface area contributed by atoms with E-state index in [0.29, 0.717) is 23.1 Å². The molecule has 3 N–H and O–H groups in total. The van der Waals surface area contributed by atoms with Crippen molar-refractivity contribution in [2.45, 2.75) is 38.6 Å². The van der Waals surface area contributed by atoms with Crippen molar-refractivity contribution in [3.8, 4) is 0 Å². The van der Waals surface area contributed by atoms with Gasteiger partial charge in [0.05, 0.1) is 5.39 Å². The van der Waals surface area contributed by atoms with E-state index in [1.807, 2.05) is 13.8 Å². The van der Waals surface area contributed by atoms with Crippen LogP contribution in [-0.2, 0) is 0 Å². The van der Waals surface area contributed by atoms with Crippen molar-refractivity contribution in [2.75, 3.05) is 6.61 Å². The number of aromatic amines is 1. The van der Waals surface area contributed by atoms with Crippen LogP contribution >= 0.6 is 0 Å². The number of nitrogens with zero attached hydrogens (tertiary/aromatic N) is 2. The number of H-pyrrole nitrogens is 1. The van der Waals surface area contributed by atoms with E-state index in [4.69, 9.17) is 0 Å². The highest BCUT2D eigenvalue weighted by atomic mass is 16.3. The van der Waals surface area contributed by atoms with Gasteiger partial charge in [-0.05, 0) is 25.3 Å². The third kappa shape index (κ3) is 2.65. The number of carbonyl (C=O) groups is 1. The Morgan fingerprint density at radius 3 is 2.80 bits per heavy atom. The molecule has 0 atom stereocenters. The van der Waals surface area contributed by atoms with Gasteiger partial charge in [0, 0.05) is 18.3 Å². The zero-order valence-electron chi connectivity index (χ0n) is 11.8. The van der Waals surface area contributed by atoms with Crippen molar-refractivity contribution in [1.82, 2.24) is 20.3 Å². The van der Waals surface area contributed by atoms with Crippen molar-refractivity contribution < 1.29 is 9.90 Å². The molecule has 0 saturated heterocycles. The second-order valence-electron chi connectivity index (χ2n) is 4.88. The molecular weight excluding hydrogens is 256 g/mol. The van der Waals surface area contributed by atoms with Crippen LogP contribution in [-0.4, -0.2) is 38.1 Å². The molecule has 0 fully saturated rings. The lowest BCUT2D eigenvalue weighted by molar-refractivity contribution is 0.0865. The average Bonchev–Trinajstić information content (AvgIpc) is 2.94. The molecule has 20 heavy (non-hydrogen) atoms. The summed E-state index contributed by atoms with van der Waals surface area (Å²) < 4.78 is 0. The summed E-state index contributed by atoms with van der Waals surface area (Å²) in [6, 6.07) is 1.79. The van der Waals surface area contributed by atoms with Crippen LogP contribution in [0.15, 0.2) is 18.6 Å². The Morgan fingerprint density at radius 1 is 1.40 bits per heavy atom. The van der Waals surface area contributed by atoms with Gasteiger partial charge < -0.3 is 15.4 Å². The van der Waals surface area contributed by atoms with Crippen LogP contribution in [0.2, 0.25) is 0 Å². The third-order valence-corrected chi connectivity index (χ3v) is 3.89. The quantitative estimate of drug-likeness (QED) is 0.748. The van der Waals surface area contributed by atoms with Gasteiger partial charge in [0.1, 0.15) is 17.7 Å². The highest BCUT2D eigenvalue weighted by Crippen LogP contribution is 2.21. The molecule has 0 aliphatic rings. The third-order valence-electron chi connectivity index (χ3n) is 3.89. The van der Waals surface area contributed by atoms with Crippen LogP contribution < -0.4 is 5.32 Å². The fourth-order valence-electron chi connectivity index (χ4n) is 2.41. The first kappa shape index (κ1) is 14.5. The number of hydrogen-bond acceptors (Lipinski definition) is 4. The van der Waals surface area contributed by atoms with Gasteiger partial charge in [-0.1, -0.05) is 13.8 Å². The van der Waals surface area contributed by atoms with Crippen LogP contribution in [0, 0.1) is 0 Å². The first-order valence-corrected chi connectivity index (χ1v) is 6.87. The molecule has 108 valence electrons. The van der Waals surface area contributed by atoms with Gasteiger partial charge >= 0.3 is 0 Å². The first-order valence-electron chi connectivity index (χ1n) is 6.87. The molecule has 0 aliphatic carbocycles. The SMILES string of the molecule is CCC(CC)(CCO)NC(=O)c1ncnc2[nH]ccc12. The molecule has 1 amide bonds. The Kier molecular flexibility index (Phi) is 4.34. The zero-order chi connectivity index (χ0) is 14.6. The Labute approximate surface area is 117 Å². The molecule has 2 rings (SSSR count). The van der Waals surface area contributed by atoms with Gasteiger partial charge in [0.25, 0.3) is 5.91 Å². The largest absolute Gasteiger partial charge is 0.396 e. The van der Waals surface area contributed by atoms with Crippen molar-refractivity contribution in [3.63, 3.8) is 0 Å². The van der Waals surface area contributed by atoms with E-state index in [0.717, 1.165) is 12.8 Å². The summed E-state index contributed by atoms with van der Waals surface area (Å²) >= 11 is 0. The maximum absolute atomic E-state index is 12.5. The predicted molar refractivity (Wildman–Crippen MR) is 76.4 cm³/mol. The van der Waals surface area contributed by atoms with E-state index in [2.05, 4.69) is 20.3 Å². The van der Waals surface area contributed by atoms with Crippen molar-refractivity contribution in [1.29, 1.82) is 0 Å². The number of rotatable bonds is 6. The van der Waals surface area contributed by atoms with E-state index in [1.54, 1.807) is 12.3 Å². The Hall–Kier alpha value is -1.95. The summed E-state index contributed by atoms with van der Waals surface area (Å²) in [5.74, 6) is -0.228. The van der Waals surface area contributed by atoms with Crippen LogP contribution in [0.4, 0.5) is 0 Å². The number of aliphatic hydroxyl groups excluding tert-OH is 1. The Bertz CT molecular complexity index is 590. The molecule has 0 bridgehead atoms. The van der Waals surface area contributed by atoms with Gasteiger partial charge in [-0.3, -0.25) is 4.79 Å². The maximum atomic E-state index is 12.5. The fourth-order valence-corrected chi connectivity index (χ4v) is 2.41. The van der Waals surface area contributed by atoms with E-state index >= 15 is 0 Å². The van der Waals surface area contributed by atoms with Crippen LogP contribution in [0.3, 0.4) is 0 Å². The molecule has 2 aromatic heterocycles. The lowest BCUT2D eigenvalue weighted by atomic mass is 9.89. The van der Waals surface area contributed by atoms with E-state index < -0.39 is 0 Å². The molecule has 2 aromatic rings. The van der Waals surface area contributed by atoms with Gasteiger partial charge in [-0.15, -0.1) is 0 Å². The van der Waals surface area contributed by atoms with Crippen LogP contribution in [0.25, 0.3) is 11.0 Å². The summed E-state index contributed by atoms with van der Waals surface area (Å²) in [7, 11) is 0. The van der Waals surface area contributed by atoms with Crippen LogP contribution in [0.5, 0.6) is 0 Å². The number of hydrogen-bond donors (Lipinski definition) is 3. The minimum Gasteiger partial charge on any atom is -0.396 e. The monoisotopic (exact) mass is 276 g/mol. The first-order chi connectivity index (χ1) is 9.65. The molecule has 6 nitrogen and oxygen atoms in total. The average molecular weight is 276 g/mol. The van der Waals surface area contributed by atoms with Gasteiger partial charge in [-0.2, -0.15) is 0 Å². The molecule has 6 heteroatoms. The molecule has 0 aliphatic heterocycles. The second kappa shape index (κ2) is 6.00. The van der Waals surface area contributed by atoms with Gasteiger partial charge in [-0.25, -0.2) is 9.97 Å². The van der Waals surface area contributed by atoms with E-state index in [-0.39, 0.29) is 18.1 Å². The molecule has 2 heterocycles. The number of carbonyl (C=O) groups excluding carboxylic acids is 1. The number of fused-ring (bicyclic) bond motifs is 1. The number of aliphatic hydroxyl groups is 1. The molecule has 0 aromatic carbocycles. The lowest BCUT2D eigenvalue weighted by Gasteiger charge is -2.32. The fraction of sp³-hybridized carbons (Fsp3) is 0.500. The van der Waals surface area contributed by atoms with Crippen LogP contribution in [0.1, 0.15) is 43.6 Å². The topological polar surface area (TPSA) is 90.9 Å². The predicted octanol–water partition coefficient (Wildman–Crippen LogP) is 1.63. The van der Waals surface area contributed by atoms with Crippen molar-refractivity contribution in [3.05, 3.63) is 24.3 Å². The number of nitrogens with one attached hydrogen (secondary N) is 2. The van der Waals surface area contributed by atoms with Gasteiger partial charge in [0.2, 0.25) is 0 Å². The Morgan fingerprint density at radius 2 is 2.15 bits per heavy atom. The van der Waals surface area contributed by atoms with Gasteiger partial charge in [0.15, 0.2) is 0 Å². The maximum Gasteiger partial charge on any atom is 0.271 e. The highest BCUT2D eigenvalue weighted by Gasteiger charge is 2.29. The summed E-state index contributed by atoms with van der Waals surface area (Å²) in [5.41, 5.74) is 0.616. The summed E-state index contributed by atoms with van der Waals surface area (Å²) in [6.07, 6.45) is 5.16. The molecule has 0 radical (unpaired) electrons. The highest BCUT2D eigenvalue weighted by molar-refractivity contribution is 6.03. The zero-order valence-corrected chi connectivity index (χ0v) is 11.8. The van der Waals surface area contributed by atoms with Crippen molar-refractivity contribution >= 4 is 16.9 Å². The smallest absolute Gasteiger partial charge is 0.271 e. The van der Waals surface area contributed by atoms with Crippen molar-refractivity contribution in [2.24, 2.45) is 0 Å². The van der Waals surface area contributed by atoms with E-state index in [9.17, 15) is 9.90 Å². The molecule has 0 spiro atoms. The lowest BCUT2D eigenvalue weighted by Crippen LogP contribution is -2.48. The normalized spacial score (nSPS) is 11.8. The second-order valence-corrected chi connectivity index (χ2v) is 4.88. The summed E-state index contributed by atoms with van der Waals surface area (Å²) in [5, 5.41) is 12.9. The molecular formula is C14H20N4O2. The molecule has 0 saturated carbocycles. The Balaban J connectivity index is 2.29. The molecule has 0 unspecified atom stereocenters.